The molecule has 2 heterocycles. The van der Waals surface area contributed by atoms with Crippen LogP contribution in [-0.2, 0) is 13.0 Å². The average Bonchev–Trinajstić information content (AvgIpc) is 3.20. The lowest BCUT2D eigenvalue weighted by molar-refractivity contribution is 0.169. The first-order valence-corrected chi connectivity index (χ1v) is 9.23. The van der Waals surface area contributed by atoms with Gasteiger partial charge in [-0.05, 0) is 56.0 Å². The molecule has 3 rings (SSSR count). The molecule has 2 aromatic heterocycles. The van der Waals surface area contributed by atoms with E-state index in [2.05, 4.69) is 47.7 Å². The highest BCUT2D eigenvalue weighted by Gasteiger charge is 2.14. The van der Waals surface area contributed by atoms with Gasteiger partial charge in [0.25, 0.3) is 0 Å². The second-order valence-electron chi connectivity index (χ2n) is 6.01. The Kier molecular flexibility index (Phi) is 5.59. The van der Waals surface area contributed by atoms with Crippen molar-refractivity contribution in [2.75, 3.05) is 0 Å². The van der Waals surface area contributed by atoms with Gasteiger partial charge in [-0.3, -0.25) is 0 Å². The van der Waals surface area contributed by atoms with Gasteiger partial charge in [-0.15, -0.1) is 11.3 Å². The zero-order valence-electron chi connectivity index (χ0n) is 13.9. The van der Waals surface area contributed by atoms with Crippen LogP contribution in [0.15, 0.2) is 49.1 Å². The molecule has 24 heavy (non-hydrogen) atoms. The minimum atomic E-state index is 0.0839. The second-order valence-corrected chi connectivity index (χ2v) is 7.81. The quantitative estimate of drug-likeness (QED) is 0.572. The van der Waals surface area contributed by atoms with Crippen LogP contribution in [-0.4, -0.2) is 15.7 Å². The fourth-order valence-electron chi connectivity index (χ4n) is 2.62. The maximum absolute atomic E-state index is 6.35. The summed E-state index contributed by atoms with van der Waals surface area (Å²) in [6.07, 6.45) is 7.58. The van der Waals surface area contributed by atoms with Gasteiger partial charge < -0.3 is 9.30 Å². The molecule has 0 aliphatic rings. The van der Waals surface area contributed by atoms with Crippen LogP contribution in [0, 0.1) is 13.8 Å². The number of imidazole rings is 1. The molecule has 0 saturated carbocycles. The number of hydrogen-bond donors (Lipinski definition) is 0. The summed E-state index contributed by atoms with van der Waals surface area (Å²) in [5.41, 5.74) is 2.37. The molecule has 0 bridgehead atoms. The van der Waals surface area contributed by atoms with Gasteiger partial charge in [-0.2, -0.15) is 0 Å². The highest BCUT2D eigenvalue weighted by molar-refractivity contribution is 7.16. The lowest BCUT2D eigenvalue weighted by Gasteiger charge is -2.21. The maximum Gasteiger partial charge on any atom is 0.122 e. The molecule has 0 saturated heterocycles. The Morgan fingerprint density at radius 1 is 1.25 bits per heavy atom. The fraction of sp³-hybridized carbons (Fsp3) is 0.316. The van der Waals surface area contributed by atoms with Crippen LogP contribution < -0.4 is 4.74 Å². The van der Waals surface area contributed by atoms with Crippen molar-refractivity contribution < 1.29 is 4.74 Å². The van der Waals surface area contributed by atoms with Crippen LogP contribution in [0.4, 0.5) is 0 Å². The molecule has 0 aliphatic heterocycles. The largest absolute Gasteiger partial charge is 0.488 e. The van der Waals surface area contributed by atoms with E-state index in [0.717, 1.165) is 35.0 Å². The molecule has 0 N–H and O–H groups in total. The van der Waals surface area contributed by atoms with E-state index in [1.54, 1.807) is 17.5 Å². The number of aromatic nitrogens is 2. The van der Waals surface area contributed by atoms with Crippen LogP contribution in [0.3, 0.4) is 0 Å². The first-order chi connectivity index (χ1) is 11.6. The van der Waals surface area contributed by atoms with Crippen molar-refractivity contribution in [1.29, 1.82) is 0 Å². The van der Waals surface area contributed by atoms with Gasteiger partial charge in [-0.1, -0.05) is 23.7 Å². The molecular formula is C19H21ClN2OS. The number of ether oxygens (including phenoxy) is 1. The Hall–Kier alpha value is -1.78. The van der Waals surface area contributed by atoms with Crippen LogP contribution in [0.1, 0.15) is 22.4 Å². The van der Waals surface area contributed by atoms with Gasteiger partial charge in [0.1, 0.15) is 11.9 Å². The maximum atomic E-state index is 6.35. The van der Waals surface area contributed by atoms with Gasteiger partial charge in [0.15, 0.2) is 0 Å². The summed E-state index contributed by atoms with van der Waals surface area (Å²) in [5, 5.41) is 0. The summed E-state index contributed by atoms with van der Waals surface area (Å²) in [6.45, 7) is 4.96. The van der Waals surface area contributed by atoms with Crippen molar-refractivity contribution in [3.63, 3.8) is 0 Å². The van der Waals surface area contributed by atoms with Crippen LogP contribution in [0.5, 0.6) is 5.75 Å². The van der Waals surface area contributed by atoms with E-state index in [0.29, 0.717) is 0 Å². The standard InChI is InChI=1S/C19H21ClN2OS/c1-14-3-4-15(2)18(11-14)23-16(12-22-10-9-21-13-22)5-6-17-7-8-19(20)24-17/h3-4,7-11,13,16H,5-6,12H2,1-2H3. The first kappa shape index (κ1) is 17.1. The molecule has 126 valence electrons. The summed E-state index contributed by atoms with van der Waals surface area (Å²) < 4.78 is 9.26. The summed E-state index contributed by atoms with van der Waals surface area (Å²) in [7, 11) is 0. The van der Waals surface area contributed by atoms with Crippen LogP contribution in [0.2, 0.25) is 4.34 Å². The highest BCUT2D eigenvalue weighted by atomic mass is 35.5. The van der Waals surface area contributed by atoms with Gasteiger partial charge >= 0.3 is 0 Å². The first-order valence-electron chi connectivity index (χ1n) is 8.04. The van der Waals surface area contributed by atoms with E-state index in [1.807, 2.05) is 18.6 Å². The predicted octanol–water partition coefficient (Wildman–Crippen LogP) is 5.30. The molecule has 1 unspecified atom stereocenters. The minimum Gasteiger partial charge on any atom is -0.488 e. The average molecular weight is 361 g/mol. The molecule has 1 atom stereocenters. The number of rotatable bonds is 7. The predicted molar refractivity (Wildman–Crippen MR) is 100 cm³/mol. The Morgan fingerprint density at radius 3 is 2.83 bits per heavy atom. The fourth-order valence-corrected chi connectivity index (χ4v) is 3.72. The zero-order valence-corrected chi connectivity index (χ0v) is 15.5. The number of aryl methyl sites for hydroxylation is 3. The topological polar surface area (TPSA) is 27.1 Å². The molecule has 5 heteroatoms. The summed E-state index contributed by atoms with van der Waals surface area (Å²) in [4.78, 5) is 5.42. The lowest BCUT2D eigenvalue weighted by atomic mass is 10.1. The third-order valence-corrected chi connectivity index (χ3v) is 5.24. The van der Waals surface area contributed by atoms with Crippen LogP contribution in [0.25, 0.3) is 0 Å². The van der Waals surface area contributed by atoms with Crippen molar-refractivity contribution >= 4 is 22.9 Å². The monoisotopic (exact) mass is 360 g/mol. The molecule has 3 aromatic rings. The smallest absolute Gasteiger partial charge is 0.122 e. The van der Waals surface area contributed by atoms with E-state index >= 15 is 0 Å². The van der Waals surface area contributed by atoms with Crippen molar-refractivity contribution in [1.82, 2.24) is 9.55 Å². The van der Waals surface area contributed by atoms with E-state index in [-0.39, 0.29) is 6.10 Å². The lowest BCUT2D eigenvalue weighted by Crippen LogP contribution is -2.24. The summed E-state index contributed by atoms with van der Waals surface area (Å²) in [5.74, 6) is 0.962. The summed E-state index contributed by atoms with van der Waals surface area (Å²) in [6, 6.07) is 10.4. The Morgan fingerprint density at radius 2 is 2.12 bits per heavy atom. The third-order valence-electron chi connectivity index (χ3n) is 3.95. The van der Waals surface area contributed by atoms with Crippen molar-refractivity contribution in [3.8, 4) is 5.75 Å². The molecule has 0 aliphatic carbocycles. The number of benzene rings is 1. The number of nitrogens with zero attached hydrogens (tertiary/aromatic N) is 2. The van der Waals surface area contributed by atoms with Crippen LogP contribution >= 0.6 is 22.9 Å². The van der Waals surface area contributed by atoms with Gasteiger partial charge in [-0.25, -0.2) is 4.98 Å². The van der Waals surface area contributed by atoms with Gasteiger partial charge in [0.2, 0.25) is 0 Å². The molecule has 0 amide bonds. The number of hydrogen-bond acceptors (Lipinski definition) is 3. The summed E-state index contributed by atoms with van der Waals surface area (Å²) >= 11 is 7.67. The van der Waals surface area contributed by atoms with Crippen molar-refractivity contribution in [2.45, 2.75) is 39.3 Å². The Labute approximate surface area is 151 Å². The number of halogens is 1. The Bertz CT molecular complexity index is 783. The van der Waals surface area contributed by atoms with Gasteiger partial charge in [0, 0.05) is 17.3 Å². The molecule has 0 spiro atoms. The molecule has 3 nitrogen and oxygen atoms in total. The highest BCUT2D eigenvalue weighted by Crippen LogP contribution is 2.25. The van der Waals surface area contributed by atoms with Crippen molar-refractivity contribution in [3.05, 3.63) is 69.4 Å². The SMILES string of the molecule is Cc1ccc(C)c(OC(CCc2ccc(Cl)s2)Cn2ccnc2)c1. The van der Waals surface area contributed by atoms with E-state index < -0.39 is 0 Å². The zero-order chi connectivity index (χ0) is 16.9. The van der Waals surface area contributed by atoms with E-state index in [1.165, 1.54) is 10.4 Å². The minimum absolute atomic E-state index is 0.0839. The van der Waals surface area contributed by atoms with Gasteiger partial charge in [0.05, 0.1) is 17.2 Å². The normalized spacial score (nSPS) is 12.3. The van der Waals surface area contributed by atoms with E-state index in [9.17, 15) is 0 Å². The number of thiophene rings is 1. The Balaban J connectivity index is 1.72. The molecular weight excluding hydrogens is 340 g/mol. The third kappa shape index (κ3) is 4.62. The molecule has 0 fully saturated rings. The molecule has 0 radical (unpaired) electrons. The van der Waals surface area contributed by atoms with E-state index in [4.69, 9.17) is 16.3 Å². The second kappa shape index (κ2) is 7.86. The molecule has 1 aromatic carbocycles. The van der Waals surface area contributed by atoms with Crippen molar-refractivity contribution in [2.24, 2.45) is 0 Å².